The fourth-order valence-electron chi connectivity index (χ4n) is 7.22. The molecule has 0 aromatic heterocycles. The Morgan fingerprint density at radius 2 is 0.773 bits per heavy atom. The van der Waals surface area contributed by atoms with Crippen molar-refractivity contribution in [1.82, 2.24) is 0 Å². The maximum Gasteiger partial charge on any atom is 0.339 e. The van der Waals surface area contributed by atoms with E-state index in [-0.39, 0.29) is 0 Å². The van der Waals surface area contributed by atoms with Crippen LogP contribution in [0.4, 0.5) is 0 Å². The molecule has 4 nitrogen and oxygen atoms in total. The van der Waals surface area contributed by atoms with Crippen molar-refractivity contribution in [2.24, 2.45) is 23.7 Å². The lowest BCUT2D eigenvalue weighted by Crippen LogP contribution is -2.17. The Bertz CT molecular complexity index is 781. The molecule has 0 bridgehead atoms. The predicted octanol–water partition coefficient (Wildman–Crippen LogP) is 12.4. The zero-order valence-electron chi connectivity index (χ0n) is 29.8. The van der Waals surface area contributed by atoms with Crippen molar-refractivity contribution >= 4 is 11.9 Å². The van der Waals surface area contributed by atoms with Crippen molar-refractivity contribution < 1.29 is 19.1 Å². The number of benzene rings is 1. The second-order valence-electron chi connectivity index (χ2n) is 13.3. The van der Waals surface area contributed by atoms with Crippen LogP contribution in [0.2, 0.25) is 0 Å². The molecule has 0 amide bonds. The number of esters is 2. The van der Waals surface area contributed by atoms with Gasteiger partial charge in [-0.1, -0.05) is 156 Å². The number of ether oxygens (including phenoxy) is 2. The normalized spacial score (nSPS) is 14.1. The average molecular weight is 615 g/mol. The van der Waals surface area contributed by atoms with E-state index in [0.717, 1.165) is 49.4 Å². The van der Waals surface area contributed by atoms with Gasteiger partial charge in [-0.2, -0.15) is 0 Å². The van der Waals surface area contributed by atoms with Crippen LogP contribution < -0.4 is 0 Å². The third-order valence-electron chi connectivity index (χ3n) is 9.60. The van der Waals surface area contributed by atoms with E-state index < -0.39 is 11.9 Å². The van der Waals surface area contributed by atoms with Gasteiger partial charge in [0.15, 0.2) is 0 Å². The van der Waals surface area contributed by atoms with Gasteiger partial charge in [-0.3, -0.25) is 0 Å². The number of hydrogen-bond donors (Lipinski definition) is 0. The number of unbranched alkanes of at least 4 members (excludes halogenated alkanes) is 4. The second-order valence-corrected chi connectivity index (χ2v) is 13.3. The van der Waals surface area contributed by atoms with Crippen LogP contribution in [0.1, 0.15) is 191 Å². The van der Waals surface area contributed by atoms with Gasteiger partial charge in [0.05, 0.1) is 24.3 Å². The summed E-state index contributed by atoms with van der Waals surface area (Å²) in [6.45, 7) is 14.5. The van der Waals surface area contributed by atoms with Crippen molar-refractivity contribution in [3.05, 3.63) is 35.4 Å². The molecule has 0 N–H and O–H groups in total. The molecule has 0 saturated carbocycles. The quantitative estimate of drug-likeness (QED) is 0.0696. The fraction of sp³-hybridized carbons (Fsp3) is 0.800. The fourth-order valence-corrected chi connectivity index (χ4v) is 7.22. The van der Waals surface area contributed by atoms with Crippen LogP contribution in [0.15, 0.2) is 24.3 Å². The van der Waals surface area contributed by atoms with E-state index >= 15 is 0 Å². The number of rotatable bonds is 28. The van der Waals surface area contributed by atoms with Gasteiger partial charge in [-0.05, 0) is 61.5 Å². The Balaban J connectivity index is 2.55. The van der Waals surface area contributed by atoms with E-state index in [1.165, 1.54) is 103 Å². The molecule has 0 heterocycles. The molecule has 4 unspecified atom stereocenters. The molecular formula is C40H70O4. The van der Waals surface area contributed by atoms with Gasteiger partial charge in [-0.25, -0.2) is 9.59 Å². The molecule has 0 aliphatic heterocycles. The third-order valence-corrected chi connectivity index (χ3v) is 9.60. The van der Waals surface area contributed by atoms with Gasteiger partial charge in [0, 0.05) is 0 Å². The molecule has 0 fully saturated rings. The molecule has 0 aliphatic rings. The Kier molecular flexibility index (Phi) is 24.1. The summed E-state index contributed by atoms with van der Waals surface area (Å²) in [5.74, 6) is 2.34. The lowest BCUT2D eigenvalue weighted by atomic mass is 9.79. The molecule has 4 atom stereocenters. The zero-order valence-corrected chi connectivity index (χ0v) is 29.8. The molecule has 1 rings (SSSR count). The molecule has 0 aliphatic carbocycles. The Morgan fingerprint density at radius 3 is 1.07 bits per heavy atom. The standard InChI is InChI=1S/C40H70O4/c1-7-13-25-33(21-9-3)35(23-11-5)27-17-19-31-43-39(41)37-29-15-16-30-38(37)40(42)44-32-20-18-28-36(24-12-6)34(22-10-4)26-14-8-2/h15-16,29-30,33-36H,7-14,17-28,31-32H2,1-6H3. The Morgan fingerprint density at radius 1 is 0.455 bits per heavy atom. The van der Waals surface area contributed by atoms with E-state index in [9.17, 15) is 9.59 Å². The van der Waals surface area contributed by atoms with E-state index in [1.807, 2.05) is 0 Å². The minimum absolute atomic E-state index is 0.310. The summed E-state index contributed by atoms with van der Waals surface area (Å²) < 4.78 is 11.3. The average Bonchev–Trinajstić information content (AvgIpc) is 3.03. The number of hydrogen-bond acceptors (Lipinski definition) is 4. The summed E-state index contributed by atoms with van der Waals surface area (Å²) in [6.07, 6.45) is 24.4. The highest BCUT2D eigenvalue weighted by atomic mass is 16.5. The SMILES string of the molecule is CCCCC(CCC)C(CCC)CCCCOC(=O)c1ccccc1C(=O)OCCCCC(CCC)C(CCC)CCCC. The maximum absolute atomic E-state index is 13.0. The number of carbonyl (C=O) groups is 2. The highest BCUT2D eigenvalue weighted by Crippen LogP contribution is 2.32. The zero-order chi connectivity index (χ0) is 32.4. The molecular weight excluding hydrogens is 544 g/mol. The first-order chi connectivity index (χ1) is 21.5. The molecule has 254 valence electrons. The molecule has 0 saturated heterocycles. The first-order valence-electron chi connectivity index (χ1n) is 18.9. The molecule has 44 heavy (non-hydrogen) atoms. The minimum atomic E-state index is -0.425. The van der Waals surface area contributed by atoms with Crippen LogP contribution >= 0.6 is 0 Å². The monoisotopic (exact) mass is 615 g/mol. The second kappa shape index (κ2) is 26.4. The van der Waals surface area contributed by atoms with E-state index in [0.29, 0.717) is 24.3 Å². The molecule has 1 aromatic rings. The van der Waals surface area contributed by atoms with Gasteiger partial charge in [0.2, 0.25) is 0 Å². The van der Waals surface area contributed by atoms with Crippen molar-refractivity contribution in [3.63, 3.8) is 0 Å². The van der Waals surface area contributed by atoms with Crippen molar-refractivity contribution in [2.75, 3.05) is 13.2 Å². The first kappa shape index (κ1) is 40.2. The number of carbonyl (C=O) groups excluding carboxylic acids is 2. The van der Waals surface area contributed by atoms with Gasteiger partial charge in [0.1, 0.15) is 0 Å². The van der Waals surface area contributed by atoms with Crippen LogP contribution in [0.3, 0.4) is 0 Å². The van der Waals surface area contributed by atoms with Crippen LogP contribution in [0.5, 0.6) is 0 Å². The summed E-state index contributed by atoms with van der Waals surface area (Å²) in [5.41, 5.74) is 0.621. The van der Waals surface area contributed by atoms with E-state index in [2.05, 4.69) is 41.5 Å². The maximum atomic E-state index is 13.0. The minimum Gasteiger partial charge on any atom is -0.462 e. The summed E-state index contributed by atoms with van der Waals surface area (Å²) in [4.78, 5) is 25.9. The highest BCUT2D eigenvalue weighted by molar-refractivity contribution is 6.03. The predicted molar refractivity (Wildman–Crippen MR) is 187 cm³/mol. The molecule has 0 radical (unpaired) electrons. The van der Waals surface area contributed by atoms with Gasteiger partial charge < -0.3 is 9.47 Å². The first-order valence-corrected chi connectivity index (χ1v) is 18.9. The van der Waals surface area contributed by atoms with E-state index in [4.69, 9.17) is 9.47 Å². The summed E-state index contributed by atoms with van der Waals surface area (Å²) in [7, 11) is 0. The topological polar surface area (TPSA) is 52.6 Å². The summed E-state index contributed by atoms with van der Waals surface area (Å²) >= 11 is 0. The smallest absolute Gasteiger partial charge is 0.339 e. The van der Waals surface area contributed by atoms with Gasteiger partial charge in [-0.15, -0.1) is 0 Å². The van der Waals surface area contributed by atoms with Crippen molar-refractivity contribution in [1.29, 1.82) is 0 Å². The van der Waals surface area contributed by atoms with Gasteiger partial charge >= 0.3 is 11.9 Å². The van der Waals surface area contributed by atoms with Crippen LogP contribution in [0.25, 0.3) is 0 Å². The lowest BCUT2D eigenvalue weighted by molar-refractivity contribution is 0.0448. The van der Waals surface area contributed by atoms with Crippen LogP contribution in [-0.4, -0.2) is 25.2 Å². The van der Waals surface area contributed by atoms with Crippen molar-refractivity contribution in [3.8, 4) is 0 Å². The Hall–Kier alpha value is -1.84. The van der Waals surface area contributed by atoms with Crippen LogP contribution in [-0.2, 0) is 9.47 Å². The van der Waals surface area contributed by atoms with Crippen LogP contribution in [0, 0.1) is 23.7 Å². The molecule has 0 spiro atoms. The highest BCUT2D eigenvalue weighted by Gasteiger charge is 2.22. The summed E-state index contributed by atoms with van der Waals surface area (Å²) in [6, 6.07) is 6.93. The lowest BCUT2D eigenvalue weighted by Gasteiger charge is -2.27. The van der Waals surface area contributed by atoms with E-state index in [1.54, 1.807) is 24.3 Å². The third kappa shape index (κ3) is 16.5. The molecule has 1 aromatic carbocycles. The Labute approximate surface area is 272 Å². The largest absolute Gasteiger partial charge is 0.462 e. The van der Waals surface area contributed by atoms with Gasteiger partial charge in [0.25, 0.3) is 0 Å². The van der Waals surface area contributed by atoms with Crippen molar-refractivity contribution in [2.45, 2.75) is 170 Å². The summed E-state index contributed by atoms with van der Waals surface area (Å²) in [5, 5.41) is 0. The molecule has 4 heteroatoms.